The molecular formula is C15H23N3O2. The summed E-state index contributed by atoms with van der Waals surface area (Å²) in [7, 11) is 1.66. The first-order valence-electron chi connectivity index (χ1n) is 7.12. The number of carbonyl (C=O) groups excluding carboxylic acids is 1. The summed E-state index contributed by atoms with van der Waals surface area (Å²) in [6, 6.07) is 3.73. The van der Waals surface area contributed by atoms with Crippen molar-refractivity contribution >= 4 is 5.91 Å². The second-order valence-electron chi connectivity index (χ2n) is 4.90. The lowest BCUT2D eigenvalue weighted by molar-refractivity contribution is 0.0942. The minimum Gasteiger partial charge on any atom is -0.383 e. The van der Waals surface area contributed by atoms with Crippen LogP contribution in [0.4, 0.5) is 0 Å². The molecule has 2 heterocycles. The predicted octanol–water partition coefficient (Wildman–Crippen LogP) is 1.17. The van der Waals surface area contributed by atoms with Crippen LogP contribution in [0.5, 0.6) is 0 Å². The Morgan fingerprint density at radius 2 is 2.45 bits per heavy atom. The van der Waals surface area contributed by atoms with Gasteiger partial charge in [-0.15, -0.1) is 0 Å². The van der Waals surface area contributed by atoms with Gasteiger partial charge in [0.15, 0.2) is 0 Å². The number of ether oxygens (including phenoxy) is 1. The minimum atomic E-state index is -0.0133. The van der Waals surface area contributed by atoms with Crippen molar-refractivity contribution in [2.24, 2.45) is 0 Å². The highest BCUT2D eigenvalue weighted by Gasteiger charge is 2.10. The van der Waals surface area contributed by atoms with Gasteiger partial charge in [-0.25, -0.2) is 0 Å². The zero-order valence-corrected chi connectivity index (χ0v) is 12.0. The Hall–Kier alpha value is -1.59. The summed E-state index contributed by atoms with van der Waals surface area (Å²) in [5.74, 6) is -0.0133. The minimum absolute atomic E-state index is 0.0133. The molecule has 0 spiro atoms. The first-order valence-corrected chi connectivity index (χ1v) is 7.12. The molecule has 0 atom stereocenters. The average molecular weight is 277 g/mol. The van der Waals surface area contributed by atoms with E-state index in [1.54, 1.807) is 7.11 Å². The third-order valence-corrected chi connectivity index (χ3v) is 3.49. The van der Waals surface area contributed by atoms with Crippen molar-refractivity contribution in [3.63, 3.8) is 0 Å². The van der Waals surface area contributed by atoms with Crippen LogP contribution in [0.15, 0.2) is 30.0 Å². The van der Waals surface area contributed by atoms with Crippen molar-refractivity contribution < 1.29 is 9.53 Å². The maximum atomic E-state index is 12.1. The monoisotopic (exact) mass is 277 g/mol. The van der Waals surface area contributed by atoms with Gasteiger partial charge in [0.25, 0.3) is 5.91 Å². The SMILES string of the molecule is COCCn1cccc1C(=O)NCCC1=CCNCC1. The lowest BCUT2D eigenvalue weighted by Gasteiger charge is -2.14. The van der Waals surface area contributed by atoms with Crippen molar-refractivity contribution in [1.29, 1.82) is 0 Å². The van der Waals surface area contributed by atoms with Gasteiger partial charge in [0.1, 0.15) is 5.69 Å². The Morgan fingerprint density at radius 1 is 1.55 bits per heavy atom. The van der Waals surface area contributed by atoms with Gasteiger partial charge in [-0.2, -0.15) is 0 Å². The number of carbonyl (C=O) groups is 1. The summed E-state index contributed by atoms with van der Waals surface area (Å²) in [6.45, 7) is 3.99. The molecule has 2 rings (SSSR count). The van der Waals surface area contributed by atoms with Gasteiger partial charge in [0, 0.05) is 32.9 Å². The molecule has 110 valence electrons. The zero-order chi connectivity index (χ0) is 14.2. The molecule has 1 aliphatic heterocycles. The number of methoxy groups -OCH3 is 1. The summed E-state index contributed by atoms with van der Waals surface area (Å²) in [5, 5.41) is 6.27. The largest absolute Gasteiger partial charge is 0.383 e. The number of aromatic nitrogens is 1. The first kappa shape index (κ1) is 14.8. The lowest BCUT2D eigenvalue weighted by atomic mass is 10.1. The van der Waals surface area contributed by atoms with Crippen LogP contribution in [-0.2, 0) is 11.3 Å². The van der Waals surface area contributed by atoms with Gasteiger partial charge in [0.2, 0.25) is 0 Å². The Labute approximate surface area is 120 Å². The molecule has 0 aliphatic carbocycles. The molecule has 0 fully saturated rings. The molecule has 0 saturated carbocycles. The molecule has 1 aliphatic rings. The van der Waals surface area contributed by atoms with Gasteiger partial charge in [0.05, 0.1) is 6.61 Å². The van der Waals surface area contributed by atoms with E-state index in [2.05, 4.69) is 16.7 Å². The Kier molecular flexibility index (Phi) is 5.83. The van der Waals surface area contributed by atoms with E-state index in [1.165, 1.54) is 5.57 Å². The summed E-state index contributed by atoms with van der Waals surface area (Å²) in [5.41, 5.74) is 2.13. The van der Waals surface area contributed by atoms with Crippen molar-refractivity contribution in [3.05, 3.63) is 35.7 Å². The van der Waals surface area contributed by atoms with E-state index in [0.717, 1.165) is 25.9 Å². The van der Waals surface area contributed by atoms with Crippen LogP contribution < -0.4 is 10.6 Å². The zero-order valence-electron chi connectivity index (χ0n) is 12.0. The Bertz CT molecular complexity index is 465. The van der Waals surface area contributed by atoms with Crippen LogP contribution in [0.1, 0.15) is 23.3 Å². The van der Waals surface area contributed by atoms with E-state index >= 15 is 0 Å². The van der Waals surface area contributed by atoms with Crippen molar-refractivity contribution in [1.82, 2.24) is 15.2 Å². The molecule has 1 amide bonds. The van der Waals surface area contributed by atoms with E-state index in [-0.39, 0.29) is 5.91 Å². The third-order valence-electron chi connectivity index (χ3n) is 3.49. The lowest BCUT2D eigenvalue weighted by Crippen LogP contribution is -2.28. The van der Waals surface area contributed by atoms with Crippen molar-refractivity contribution in [2.45, 2.75) is 19.4 Å². The highest BCUT2D eigenvalue weighted by molar-refractivity contribution is 5.92. The number of nitrogens with zero attached hydrogens (tertiary/aromatic N) is 1. The molecule has 0 unspecified atom stereocenters. The number of rotatable bonds is 7. The molecule has 1 aromatic heterocycles. The van der Waals surface area contributed by atoms with E-state index < -0.39 is 0 Å². The Morgan fingerprint density at radius 3 is 3.20 bits per heavy atom. The van der Waals surface area contributed by atoms with Crippen LogP contribution in [0.3, 0.4) is 0 Å². The standard InChI is InChI=1S/C15H23N3O2/c1-20-12-11-18-10-2-3-14(18)15(19)17-9-6-13-4-7-16-8-5-13/h2-4,10,16H,5-9,11-12H2,1H3,(H,17,19). The van der Waals surface area contributed by atoms with E-state index in [9.17, 15) is 4.79 Å². The molecule has 5 nitrogen and oxygen atoms in total. The quantitative estimate of drug-likeness (QED) is 0.736. The fourth-order valence-electron chi connectivity index (χ4n) is 2.33. The Balaban J connectivity index is 1.79. The van der Waals surface area contributed by atoms with Gasteiger partial charge in [-0.1, -0.05) is 11.6 Å². The fourth-order valence-corrected chi connectivity index (χ4v) is 2.33. The highest BCUT2D eigenvalue weighted by Crippen LogP contribution is 2.08. The highest BCUT2D eigenvalue weighted by atomic mass is 16.5. The van der Waals surface area contributed by atoms with Crippen molar-refractivity contribution in [2.75, 3.05) is 33.4 Å². The smallest absolute Gasteiger partial charge is 0.267 e. The summed E-state index contributed by atoms with van der Waals surface area (Å²) in [6.07, 6.45) is 6.15. The first-order chi connectivity index (χ1) is 9.81. The van der Waals surface area contributed by atoms with Gasteiger partial charge in [-0.05, 0) is 31.5 Å². The topological polar surface area (TPSA) is 55.3 Å². The van der Waals surface area contributed by atoms with E-state index in [1.807, 2.05) is 22.9 Å². The molecule has 5 heteroatoms. The molecule has 0 bridgehead atoms. The predicted molar refractivity (Wildman–Crippen MR) is 78.8 cm³/mol. The summed E-state index contributed by atoms with van der Waals surface area (Å²) >= 11 is 0. The maximum Gasteiger partial charge on any atom is 0.267 e. The molecular weight excluding hydrogens is 254 g/mol. The van der Waals surface area contributed by atoms with Gasteiger partial charge >= 0.3 is 0 Å². The number of amides is 1. The number of nitrogens with one attached hydrogen (secondary N) is 2. The summed E-state index contributed by atoms with van der Waals surface area (Å²) in [4.78, 5) is 12.1. The number of hydrogen-bond donors (Lipinski definition) is 2. The van der Waals surface area contributed by atoms with Crippen molar-refractivity contribution in [3.8, 4) is 0 Å². The third kappa shape index (κ3) is 4.21. The molecule has 2 N–H and O–H groups in total. The second-order valence-corrected chi connectivity index (χ2v) is 4.90. The van der Waals surface area contributed by atoms with Crippen LogP contribution >= 0.6 is 0 Å². The molecule has 20 heavy (non-hydrogen) atoms. The van der Waals surface area contributed by atoms with E-state index in [0.29, 0.717) is 25.4 Å². The summed E-state index contributed by atoms with van der Waals surface area (Å²) < 4.78 is 6.96. The van der Waals surface area contributed by atoms with Crippen LogP contribution in [-0.4, -0.2) is 43.8 Å². The second kappa shape index (κ2) is 7.87. The molecule has 0 saturated heterocycles. The van der Waals surface area contributed by atoms with Crippen LogP contribution in [0, 0.1) is 0 Å². The normalized spacial score (nSPS) is 14.9. The fraction of sp³-hybridized carbons (Fsp3) is 0.533. The average Bonchev–Trinajstić information content (AvgIpc) is 2.94. The van der Waals surface area contributed by atoms with Gasteiger partial charge in [-0.3, -0.25) is 4.79 Å². The van der Waals surface area contributed by atoms with Crippen LogP contribution in [0.2, 0.25) is 0 Å². The molecule has 0 radical (unpaired) electrons. The van der Waals surface area contributed by atoms with E-state index in [4.69, 9.17) is 4.74 Å². The van der Waals surface area contributed by atoms with Gasteiger partial charge < -0.3 is 19.9 Å². The maximum absolute atomic E-state index is 12.1. The molecule has 1 aromatic rings. The van der Waals surface area contributed by atoms with Crippen LogP contribution in [0.25, 0.3) is 0 Å². The number of hydrogen-bond acceptors (Lipinski definition) is 3. The molecule has 0 aromatic carbocycles.